The lowest BCUT2D eigenvalue weighted by Gasteiger charge is -2.13. The highest BCUT2D eigenvalue weighted by molar-refractivity contribution is 6.14. The van der Waals surface area contributed by atoms with Crippen LogP contribution < -0.4 is 10.6 Å². The van der Waals surface area contributed by atoms with Gasteiger partial charge in [-0.25, -0.2) is 4.98 Å². The SMILES string of the molecule is Cc1c2ccccc2nc2c1c1cc(NC(=O)[C@@H]3CCCN3)ccc1n2CCN(C)C. The fraction of sp³-hybridized carbons (Fsp3) is 0.360. The lowest BCUT2D eigenvalue weighted by molar-refractivity contribution is -0.117. The van der Waals surface area contributed by atoms with E-state index in [0.717, 1.165) is 60.2 Å². The molecule has 3 heterocycles. The summed E-state index contributed by atoms with van der Waals surface area (Å²) in [6.07, 6.45) is 1.95. The summed E-state index contributed by atoms with van der Waals surface area (Å²) in [5, 5.41) is 9.87. The number of anilines is 1. The Bertz CT molecular complexity index is 1280. The van der Waals surface area contributed by atoms with Gasteiger partial charge in [-0.15, -0.1) is 0 Å². The Labute approximate surface area is 182 Å². The average molecular weight is 416 g/mol. The molecule has 31 heavy (non-hydrogen) atoms. The fourth-order valence-electron chi connectivity index (χ4n) is 4.71. The number of hydrogen-bond donors (Lipinski definition) is 2. The molecule has 5 rings (SSSR count). The summed E-state index contributed by atoms with van der Waals surface area (Å²) < 4.78 is 2.31. The van der Waals surface area contributed by atoms with E-state index >= 15 is 0 Å². The van der Waals surface area contributed by atoms with E-state index < -0.39 is 0 Å². The summed E-state index contributed by atoms with van der Waals surface area (Å²) in [5.74, 6) is 0.0495. The number of pyridine rings is 1. The Morgan fingerprint density at radius 1 is 1.23 bits per heavy atom. The zero-order chi connectivity index (χ0) is 21.5. The molecule has 160 valence electrons. The van der Waals surface area contributed by atoms with E-state index in [1.165, 1.54) is 16.3 Å². The second-order valence-electron chi connectivity index (χ2n) is 8.78. The minimum absolute atomic E-state index is 0.0495. The van der Waals surface area contributed by atoms with E-state index in [0.29, 0.717) is 0 Å². The minimum Gasteiger partial charge on any atom is -0.325 e. The van der Waals surface area contributed by atoms with Crippen molar-refractivity contribution in [2.75, 3.05) is 32.5 Å². The third-order valence-corrected chi connectivity index (χ3v) is 6.36. The highest BCUT2D eigenvalue weighted by Crippen LogP contribution is 2.35. The van der Waals surface area contributed by atoms with Crippen LogP contribution in [0.1, 0.15) is 18.4 Å². The van der Waals surface area contributed by atoms with Crippen molar-refractivity contribution in [3.05, 3.63) is 48.0 Å². The second kappa shape index (κ2) is 7.94. The van der Waals surface area contributed by atoms with Crippen LogP contribution in [0, 0.1) is 6.92 Å². The number of aryl methyl sites for hydroxylation is 1. The van der Waals surface area contributed by atoms with Gasteiger partial charge in [0, 0.05) is 34.9 Å². The second-order valence-corrected chi connectivity index (χ2v) is 8.78. The Kier molecular flexibility index (Phi) is 5.12. The molecule has 1 aliphatic heterocycles. The Morgan fingerprint density at radius 3 is 2.84 bits per heavy atom. The van der Waals surface area contributed by atoms with Crippen molar-refractivity contribution in [1.29, 1.82) is 0 Å². The lowest BCUT2D eigenvalue weighted by Crippen LogP contribution is -2.35. The van der Waals surface area contributed by atoms with Crippen molar-refractivity contribution in [2.24, 2.45) is 0 Å². The maximum Gasteiger partial charge on any atom is 0.241 e. The molecule has 0 radical (unpaired) electrons. The molecule has 6 heteroatoms. The zero-order valence-electron chi connectivity index (χ0n) is 18.4. The number of carbonyl (C=O) groups is 1. The number of likely N-dealkylation sites (N-methyl/N-ethyl adjacent to an activating group) is 1. The van der Waals surface area contributed by atoms with Gasteiger partial charge in [0.25, 0.3) is 0 Å². The molecule has 0 aliphatic carbocycles. The number of aromatic nitrogens is 2. The molecule has 1 atom stereocenters. The number of nitrogens with zero attached hydrogens (tertiary/aromatic N) is 3. The molecule has 0 saturated carbocycles. The maximum atomic E-state index is 12.6. The predicted octanol–water partition coefficient (Wildman–Crippen LogP) is 3.90. The van der Waals surface area contributed by atoms with Gasteiger partial charge in [0.05, 0.1) is 17.1 Å². The summed E-state index contributed by atoms with van der Waals surface area (Å²) in [6.45, 7) is 4.87. The molecule has 1 amide bonds. The van der Waals surface area contributed by atoms with Gasteiger partial charge in [-0.1, -0.05) is 18.2 Å². The Morgan fingerprint density at radius 2 is 2.06 bits per heavy atom. The third kappa shape index (κ3) is 3.56. The van der Waals surface area contributed by atoms with Gasteiger partial charge >= 0.3 is 0 Å². The summed E-state index contributed by atoms with van der Waals surface area (Å²) >= 11 is 0. The van der Waals surface area contributed by atoms with Gasteiger partial charge in [-0.05, 0) is 70.2 Å². The Hall–Kier alpha value is -2.96. The molecule has 0 bridgehead atoms. The molecular weight excluding hydrogens is 386 g/mol. The van der Waals surface area contributed by atoms with Crippen molar-refractivity contribution in [1.82, 2.24) is 19.8 Å². The monoisotopic (exact) mass is 415 g/mol. The third-order valence-electron chi connectivity index (χ3n) is 6.36. The van der Waals surface area contributed by atoms with Crippen LogP contribution in [-0.2, 0) is 11.3 Å². The predicted molar refractivity (Wildman–Crippen MR) is 128 cm³/mol. The number of benzene rings is 2. The largest absolute Gasteiger partial charge is 0.325 e. The molecule has 1 saturated heterocycles. The summed E-state index contributed by atoms with van der Waals surface area (Å²) in [4.78, 5) is 19.9. The Balaban J connectivity index is 1.67. The fourth-order valence-corrected chi connectivity index (χ4v) is 4.71. The number of fused-ring (bicyclic) bond motifs is 4. The molecule has 2 aromatic carbocycles. The highest BCUT2D eigenvalue weighted by Gasteiger charge is 2.22. The molecular formula is C25H29N5O. The summed E-state index contributed by atoms with van der Waals surface area (Å²) in [7, 11) is 4.18. The number of carbonyl (C=O) groups excluding carboxylic acids is 1. The van der Waals surface area contributed by atoms with Crippen molar-refractivity contribution in [3.8, 4) is 0 Å². The maximum absolute atomic E-state index is 12.6. The first-order chi connectivity index (χ1) is 15.0. The molecule has 1 aliphatic rings. The summed E-state index contributed by atoms with van der Waals surface area (Å²) in [6, 6.07) is 14.5. The van der Waals surface area contributed by atoms with Gasteiger partial charge in [0.15, 0.2) is 0 Å². The molecule has 4 aromatic rings. The van der Waals surface area contributed by atoms with Crippen LogP contribution in [0.2, 0.25) is 0 Å². The minimum atomic E-state index is -0.0931. The van der Waals surface area contributed by atoms with Crippen LogP contribution in [0.25, 0.3) is 32.8 Å². The number of hydrogen-bond acceptors (Lipinski definition) is 4. The summed E-state index contributed by atoms with van der Waals surface area (Å²) in [5.41, 5.74) is 5.25. The van der Waals surface area contributed by atoms with Gasteiger partial charge < -0.3 is 20.1 Å². The normalized spacial score (nSPS) is 16.7. The average Bonchev–Trinajstić information content (AvgIpc) is 3.39. The molecule has 1 fully saturated rings. The lowest BCUT2D eigenvalue weighted by atomic mass is 10.0. The van der Waals surface area contributed by atoms with Crippen LogP contribution in [-0.4, -0.2) is 53.6 Å². The topological polar surface area (TPSA) is 62.2 Å². The van der Waals surface area contributed by atoms with Crippen LogP contribution in [0.3, 0.4) is 0 Å². The van der Waals surface area contributed by atoms with Crippen LogP contribution in [0.4, 0.5) is 5.69 Å². The van der Waals surface area contributed by atoms with Crippen molar-refractivity contribution >= 4 is 44.4 Å². The van der Waals surface area contributed by atoms with E-state index in [2.05, 4.69) is 71.5 Å². The first kappa shape index (κ1) is 20.0. The highest BCUT2D eigenvalue weighted by atomic mass is 16.2. The number of rotatable bonds is 5. The van der Waals surface area contributed by atoms with Gasteiger partial charge in [0.2, 0.25) is 5.91 Å². The van der Waals surface area contributed by atoms with Crippen LogP contribution >= 0.6 is 0 Å². The molecule has 0 unspecified atom stereocenters. The zero-order valence-corrected chi connectivity index (χ0v) is 18.4. The number of para-hydroxylation sites is 1. The molecule has 6 nitrogen and oxygen atoms in total. The number of amides is 1. The van der Waals surface area contributed by atoms with E-state index in [4.69, 9.17) is 4.98 Å². The van der Waals surface area contributed by atoms with Gasteiger partial charge in [0.1, 0.15) is 5.65 Å². The van der Waals surface area contributed by atoms with E-state index in [1.54, 1.807) is 0 Å². The molecule has 2 N–H and O–H groups in total. The van der Waals surface area contributed by atoms with Crippen LogP contribution in [0.15, 0.2) is 42.5 Å². The quantitative estimate of drug-likeness (QED) is 0.519. The van der Waals surface area contributed by atoms with Crippen molar-refractivity contribution in [2.45, 2.75) is 32.4 Å². The van der Waals surface area contributed by atoms with E-state index in [1.807, 2.05) is 12.1 Å². The van der Waals surface area contributed by atoms with Crippen molar-refractivity contribution in [3.63, 3.8) is 0 Å². The van der Waals surface area contributed by atoms with Crippen LogP contribution in [0.5, 0.6) is 0 Å². The molecule has 0 spiro atoms. The number of nitrogens with one attached hydrogen (secondary N) is 2. The van der Waals surface area contributed by atoms with Gasteiger partial charge in [-0.3, -0.25) is 4.79 Å². The first-order valence-corrected chi connectivity index (χ1v) is 11.0. The standard InChI is InChI=1S/C25H29N5O/c1-16-18-7-4-5-8-20(18)28-24-23(16)19-15-17(27-25(31)21-9-6-12-26-21)10-11-22(19)30(24)14-13-29(2)3/h4-5,7-8,10-11,15,21,26H,6,9,12-14H2,1-3H3,(H,27,31)/t21-/m0/s1. The first-order valence-electron chi connectivity index (χ1n) is 11.0. The smallest absolute Gasteiger partial charge is 0.241 e. The molecule has 2 aromatic heterocycles. The van der Waals surface area contributed by atoms with Gasteiger partial charge in [-0.2, -0.15) is 0 Å². The van der Waals surface area contributed by atoms with Crippen molar-refractivity contribution < 1.29 is 4.79 Å². The van der Waals surface area contributed by atoms with E-state index in [-0.39, 0.29) is 11.9 Å². The van der Waals surface area contributed by atoms with E-state index in [9.17, 15) is 4.79 Å².